The molecule has 4 nitrogen and oxygen atoms in total. The van der Waals surface area contributed by atoms with Crippen molar-refractivity contribution in [1.82, 2.24) is 4.90 Å². The molecule has 1 aromatic rings. The maximum atomic E-state index is 5.28. The molecule has 1 aliphatic rings. The molecule has 1 aromatic carbocycles. The van der Waals surface area contributed by atoms with Crippen LogP contribution in [0, 0.1) is 0 Å². The molecule has 112 valence electrons. The van der Waals surface area contributed by atoms with Crippen LogP contribution in [0.2, 0.25) is 0 Å². The van der Waals surface area contributed by atoms with Gasteiger partial charge < -0.3 is 14.8 Å². The Labute approximate surface area is 122 Å². The third kappa shape index (κ3) is 3.95. The average Bonchev–Trinajstić information content (AvgIpc) is 2.91. The Balaban J connectivity index is 2.02. The van der Waals surface area contributed by atoms with Gasteiger partial charge in [-0.05, 0) is 30.5 Å². The Morgan fingerprint density at radius 2 is 2.15 bits per heavy atom. The maximum Gasteiger partial charge on any atom is 0.0615 e. The molecule has 20 heavy (non-hydrogen) atoms. The summed E-state index contributed by atoms with van der Waals surface area (Å²) in [6, 6.07) is 7.14. The summed E-state index contributed by atoms with van der Waals surface area (Å²) < 4.78 is 10.5. The minimum atomic E-state index is 0.390. The maximum absolute atomic E-state index is 5.28. The van der Waals surface area contributed by atoms with Gasteiger partial charge in [0.15, 0.2) is 0 Å². The highest BCUT2D eigenvalue weighted by Gasteiger charge is 2.16. The lowest BCUT2D eigenvalue weighted by Crippen LogP contribution is -2.38. The number of hydrogen-bond donors (Lipinski definition) is 1. The van der Waals surface area contributed by atoms with Crippen LogP contribution in [0.15, 0.2) is 18.2 Å². The van der Waals surface area contributed by atoms with Crippen LogP contribution in [0.1, 0.15) is 18.1 Å². The fraction of sp³-hybridized carbons (Fsp3) is 0.625. The number of benzene rings is 1. The van der Waals surface area contributed by atoms with Crippen LogP contribution in [0.3, 0.4) is 0 Å². The molecule has 1 unspecified atom stereocenters. The molecule has 0 saturated carbocycles. The number of methoxy groups -OCH3 is 2. The Kier molecular flexibility index (Phi) is 5.83. The van der Waals surface area contributed by atoms with Gasteiger partial charge in [0.2, 0.25) is 0 Å². The Morgan fingerprint density at radius 3 is 2.90 bits per heavy atom. The predicted octanol–water partition coefficient (Wildman–Crippen LogP) is 2.14. The van der Waals surface area contributed by atoms with Gasteiger partial charge in [-0.2, -0.15) is 0 Å². The molecule has 2 rings (SSSR count). The highest BCUT2D eigenvalue weighted by Crippen LogP contribution is 2.23. The zero-order valence-electron chi connectivity index (χ0n) is 12.8. The van der Waals surface area contributed by atoms with Crippen LogP contribution >= 0.6 is 0 Å². The number of fused-ring (bicyclic) bond motifs is 1. The zero-order chi connectivity index (χ0) is 14.4. The average molecular weight is 278 g/mol. The molecular formula is C16H26N2O2. The summed E-state index contributed by atoms with van der Waals surface area (Å²) in [5, 5.41) is 3.40. The molecule has 0 saturated heterocycles. The van der Waals surface area contributed by atoms with Gasteiger partial charge in [-0.15, -0.1) is 0 Å². The molecule has 0 fully saturated rings. The van der Waals surface area contributed by atoms with Gasteiger partial charge in [0, 0.05) is 45.6 Å². The van der Waals surface area contributed by atoms with E-state index in [4.69, 9.17) is 9.47 Å². The molecular weight excluding hydrogens is 252 g/mol. The molecule has 0 spiro atoms. The standard InChI is InChI=1S/C16H26N2O2/c1-13(12-20-3)18(8-9-19-2)11-14-4-5-16-15(10-14)6-7-17-16/h4-5,10,13,17H,6-9,11-12H2,1-3H3. The van der Waals surface area contributed by atoms with E-state index in [9.17, 15) is 0 Å². The summed E-state index contributed by atoms with van der Waals surface area (Å²) in [5.41, 5.74) is 4.10. The SMILES string of the molecule is COCCN(Cc1ccc2c(c1)CCN2)C(C)COC. The zero-order valence-corrected chi connectivity index (χ0v) is 12.8. The molecule has 1 atom stereocenters. The monoisotopic (exact) mass is 278 g/mol. The third-order valence-electron chi connectivity index (χ3n) is 3.88. The number of rotatable bonds is 8. The van der Waals surface area contributed by atoms with E-state index < -0.39 is 0 Å². The van der Waals surface area contributed by atoms with E-state index in [1.165, 1.54) is 16.8 Å². The van der Waals surface area contributed by atoms with Crippen molar-refractivity contribution in [1.29, 1.82) is 0 Å². The lowest BCUT2D eigenvalue weighted by atomic mass is 10.1. The molecule has 0 amide bonds. The Hall–Kier alpha value is -1.10. The summed E-state index contributed by atoms with van der Waals surface area (Å²) in [4.78, 5) is 2.41. The van der Waals surface area contributed by atoms with Gasteiger partial charge >= 0.3 is 0 Å². The van der Waals surface area contributed by atoms with Crippen LogP contribution in [0.25, 0.3) is 0 Å². The van der Waals surface area contributed by atoms with Crippen molar-refractivity contribution in [3.05, 3.63) is 29.3 Å². The number of nitrogens with zero attached hydrogens (tertiary/aromatic N) is 1. The second-order valence-corrected chi connectivity index (χ2v) is 5.44. The number of anilines is 1. The van der Waals surface area contributed by atoms with Gasteiger partial charge in [0.25, 0.3) is 0 Å². The molecule has 0 aromatic heterocycles. The van der Waals surface area contributed by atoms with Crippen molar-refractivity contribution in [2.24, 2.45) is 0 Å². The third-order valence-corrected chi connectivity index (χ3v) is 3.88. The molecule has 1 aliphatic heterocycles. The van der Waals surface area contributed by atoms with Gasteiger partial charge in [-0.3, -0.25) is 4.90 Å². The summed E-state index contributed by atoms with van der Waals surface area (Å²) in [5.74, 6) is 0. The largest absolute Gasteiger partial charge is 0.384 e. The summed E-state index contributed by atoms with van der Waals surface area (Å²) in [7, 11) is 3.51. The fourth-order valence-corrected chi connectivity index (χ4v) is 2.70. The molecule has 4 heteroatoms. The lowest BCUT2D eigenvalue weighted by molar-refractivity contribution is 0.0705. The first-order valence-corrected chi connectivity index (χ1v) is 7.32. The number of nitrogens with one attached hydrogen (secondary N) is 1. The molecule has 1 heterocycles. The first kappa shape index (κ1) is 15.3. The van der Waals surface area contributed by atoms with Crippen molar-refractivity contribution in [2.45, 2.75) is 25.9 Å². The second kappa shape index (κ2) is 7.62. The van der Waals surface area contributed by atoms with E-state index in [1.54, 1.807) is 14.2 Å². The number of hydrogen-bond acceptors (Lipinski definition) is 4. The topological polar surface area (TPSA) is 33.7 Å². The Morgan fingerprint density at radius 1 is 1.30 bits per heavy atom. The Bertz CT molecular complexity index is 423. The van der Waals surface area contributed by atoms with Crippen molar-refractivity contribution in [2.75, 3.05) is 45.8 Å². The smallest absolute Gasteiger partial charge is 0.0615 e. The highest BCUT2D eigenvalue weighted by atomic mass is 16.5. The van der Waals surface area contributed by atoms with Crippen LogP contribution in [-0.2, 0) is 22.4 Å². The fourth-order valence-electron chi connectivity index (χ4n) is 2.70. The van der Waals surface area contributed by atoms with Crippen molar-refractivity contribution in [3.63, 3.8) is 0 Å². The highest BCUT2D eigenvalue weighted by molar-refractivity contribution is 5.56. The van der Waals surface area contributed by atoms with Crippen molar-refractivity contribution < 1.29 is 9.47 Å². The summed E-state index contributed by atoms with van der Waals surface area (Å²) >= 11 is 0. The first-order valence-electron chi connectivity index (χ1n) is 7.32. The van der Waals surface area contributed by atoms with Crippen LogP contribution in [0.5, 0.6) is 0 Å². The van der Waals surface area contributed by atoms with Crippen molar-refractivity contribution >= 4 is 5.69 Å². The van der Waals surface area contributed by atoms with E-state index in [1.807, 2.05) is 0 Å². The van der Waals surface area contributed by atoms with Gasteiger partial charge in [0.05, 0.1) is 13.2 Å². The molecule has 0 bridgehead atoms. The van der Waals surface area contributed by atoms with E-state index in [0.717, 1.165) is 39.3 Å². The molecule has 1 N–H and O–H groups in total. The van der Waals surface area contributed by atoms with Crippen LogP contribution < -0.4 is 5.32 Å². The van der Waals surface area contributed by atoms with E-state index >= 15 is 0 Å². The lowest BCUT2D eigenvalue weighted by Gasteiger charge is -2.28. The summed E-state index contributed by atoms with van der Waals surface area (Å²) in [6.45, 7) is 6.63. The van der Waals surface area contributed by atoms with Crippen LogP contribution in [-0.4, -0.2) is 51.5 Å². The second-order valence-electron chi connectivity index (χ2n) is 5.44. The van der Waals surface area contributed by atoms with E-state index in [-0.39, 0.29) is 0 Å². The predicted molar refractivity (Wildman–Crippen MR) is 82.3 cm³/mol. The van der Waals surface area contributed by atoms with Crippen molar-refractivity contribution in [3.8, 4) is 0 Å². The van der Waals surface area contributed by atoms with Gasteiger partial charge in [0.1, 0.15) is 0 Å². The van der Waals surface area contributed by atoms with E-state index in [0.29, 0.717) is 6.04 Å². The first-order chi connectivity index (χ1) is 9.74. The molecule has 0 aliphatic carbocycles. The summed E-state index contributed by atoms with van der Waals surface area (Å²) in [6.07, 6.45) is 1.13. The quantitative estimate of drug-likeness (QED) is 0.790. The minimum absolute atomic E-state index is 0.390. The van der Waals surface area contributed by atoms with Gasteiger partial charge in [-0.25, -0.2) is 0 Å². The molecule has 0 radical (unpaired) electrons. The minimum Gasteiger partial charge on any atom is -0.384 e. The number of ether oxygens (including phenoxy) is 2. The van der Waals surface area contributed by atoms with E-state index in [2.05, 4.69) is 35.3 Å². The van der Waals surface area contributed by atoms with Gasteiger partial charge in [-0.1, -0.05) is 12.1 Å². The van der Waals surface area contributed by atoms with Crippen LogP contribution in [0.4, 0.5) is 5.69 Å². The normalized spacial score (nSPS) is 15.2.